The van der Waals surface area contributed by atoms with E-state index in [9.17, 15) is 0 Å². The van der Waals surface area contributed by atoms with Gasteiger partial charge >= 0.3 is 0 Å². The van der Waals surface area contributed by atoms with Gasteiger partial charge < -0.3 is 0 Å². The van der Waals surface area contributed by atoms with Gasteiger partial charge in [-0.1, -0.05) is 41.7 Å². The monoisotopic (exact) mass is 338 g/mol. The molecular formula is C17H14N4S2. The number of rotatable bonds is 2. The third-order valence-corrected chi connectivity index (χ3v) is 6.40. The van der Waals surface area contributed by atoms with Crippen molar-refractivity contribution in [3.63, 3.8) is 0 Å². The average molecular weight is 338 g/mol. The Morgan fingerprint density at radius 1 is 1.04 bits per heavy atom. The lowest BCUT2D eigenvalue weighted by molar-refractivity contribution is 0.542. The van der Waals surface area contributed by atoms with Gasteiger partial charge in [-0.3, -0.25) is 0 Å². The van der Waals surface area contributed by atoms with Crippen molar-refractivity contribution in [1.82, 2.24) is 19.8 Å². The van der Waals surface area contributed by atoms with Crippen molar-refractivity contribution in [3.8, 4) is 9.88 Å². The molecule has 4 aromatic rings. The summed E-state index contributed by atoms with van der Waals surface area (Å²) >= 11 is 3.33. The molecule has 0 saturated heterocycles. The molecule has 0 N–H and O–H groups in total. The smallest absolute Gasteiger partial charge is 0.187 e. The van der Waals surface area contributed by atoms with Gasteiger partial charge in [0, 0.05) is 5.92 Å². The highest BCUT2D eigenvalue weighted by Gasteiger charge is 2.25. The summed E-state index contributed by atoms with van der Waals surface area (Å²) in [6.07, 6.45) is 3.25. The zero-order chi connectivity index (χ0) is 15.2. The molecule has 1 aliphatic carbocycles. The number of aromatic nitrogens is 4. The highest BCUT2D eigenvalue weighted by atomic mass is 32.1. The molecule has 0 radical (unpaired) electrons. The number of hydrogen-bond donors (Lipinski definition) is 0. The Hall–Kier alpha value is -2.05. The van der Waals surface area contributed by atoms with Gasteiger partial charge in [-0.15, -0.1) is 21.5 Å². The van der Waals surface area contributed by atoms with Crippen LogP contribution in [-0.4, -0.2) is 19.8 Å². The molecule has 6 heteroatoms. The fourth-order valence-electron chi connectivity index (χ4n) is 3.30. The van der Waals surface area contributed by atoms with Crippen molar-refractivity contribution in [3.05, 3.63) is 58.7 Å². The molecular weight excluding hydrogens is 324 g/mol. The Bertz CT molecular complexity index is 968. The van der Waals surface area contributed by atoms with E-state index in [1.54, 1.807) is 22.7 Å². The van der Waals surface area contributed by atoms with Crippen LogP contribution in [0.5, 0.6) is 0 Å². The van der Waals surface area contributed by atoms with E-state index in [4.69, 9.17) is 5.10 Å². The van der Waals surface area contributed by atoms with Gasteiger partial charge in [-0.05, 0) is 41.8 Å². The van der Waals surface area contributed by atoms with Crippen molar-refractivity contribution in [2.75, 3.05) is 0 Å². The van der Waals surface area contributed by atoms with Crippen molar-refractivity contribution < 1.29 is 0 Å². The molecule has 0 fully saturated rings. The molecule has 0 bridgehead atoms. The molecule has 1 aromatic carbocycles. The first kappa shape index (κ1) is 13.4. The molecule has 1 atom stereocenters. The molecule has 3 heterocycles. The second kappa shape index (κ2) is 5.25. The first-order valence-corrected chi connectivity index (χ1v) is 9.41. The minimum atomic E-state index is 0.401. The van der Waals surface area contributed by atoms with Crippen LogP contribution in [0.2, 0.25) is 0 Å². The molecule has 0 spiro atoms. The number of benzene rings is 1. The van der Waals surface area contributed by atoms with E-state index in [-0.39, 0.29) is 0 Å². The topological polar surface area (TPSA) is 43.1 Å². The van der Waals surface area contributed by atoms with Crippen molar-refractivity contribution in [1.29, 1.82) is 0 Å². The summed E-state index contributed by atoms with van der Waals surface area (Å²) in [4.78, 5) is 2.09. The quantitative estimate of drug-likeness (QED) is 0.550. The third-order valence-electron chi connectivity index (χ3n) is 4.46. The Labute approximate surface area is 141 Å². The first-order valence-electron chi connectivity index (χ1n) is 7.71. The molecule has 1 aliphatic rings. The molecule has 1 unspecified atom stereocenters. The van der Waals surface area contributed by atoms with Crippen LogP contribution in [0.4, 0.5) is 0 Å². The maximum atomic E-state index is 4.77. The van der Waals surface area contributed by atoms with Crippen LogP contribution in [0.25, 0.3) is 14.8 Å². The highest BCUT2D eigenvalue weighted by molar-refractivity contribution is 7.23. The predicted octanol–water partition coefficient (Wildman–Crippen LogP) is 4.19. The molecule has 0 saturated carbocycles. The van der Waals surface area contributed by atoms with E-state index < -0.39 is 0 Å². The van der Waals surface area contributed by atoms with Gasteiger partial charge in [0.15, 0.2) is 10.8 Å². The standard InChI is InChI=1S/C17H14N4S2/c1-2-5-12-10-13(8-7-11(12)4-1)15-18-19-17-21(15)20-16(23-17)14-6-3-9-22-14/h1-6,9,13H,7-8,10H2. The summed E-state index contributed by atoms with van der Waals surface area (Å²) in [6, 6.07) is 12.9. The van der Waals surface area contributed by atoms with E-state index >= 15 is 0 Å². The van der Waals surface area contributed by atoms with Crippen LogP contribution in [0.15, 0.2) is 41.8 Å². The zero-order valence-corrected chi connectivity index (χ0v) is 14.0. The van der Waals surface area contributed by atoms with E-state index in [2.05, 4.69) is 52.0 Å². The molecule has 23 heavy (non-hydrogen) atoms. The summed E-state index contributed by atoms with van der Waals surface area (Å²) in [5, 5.41) is 16.7. The molecule has 114 valence electrons. The minimum absolute atomic E-state index is 0.401. The summed E-state index contributed by atoms with van der Waals surface area (Å²) in [5.74, 6) is 1.41. The molecule has 4 nitrogen and oxygen atoms in total. The van der Waals surface area contributed by atoms with Gasteiger partial charge in [0.05, 0.1) is 4.88 Å². The fourth-order valence-corrected chi connectivity index (χ4v) is 4.94. The van der Waals surface area contributed by atoms with E-state index in [0.717, 1.165) is 35.1 Å². The zero-order valence-electron chi connectivity index (χ0n) is 12.3. The summed E-state index contributed by atoms with van der Waals surface area (Å²) in [6.45, 7) is 0. The highest BCUT2D eigenvalue weighted by Crippen LogP contribution is 2.34. The van der Waals surface area contributed by atoms with Gasteiger partial charge in [0.2, 0.25) is 4.96 Å². The predicted molar refractivity (Wildman–Crippen MR) is 93.2 cm³/mol. The molecule has 0 amide bonds. The lowest BCUT2D eigenvalue weighted by Crippen LogP contribution is -2.15. The van der Waals surface area contributed by atoms with Gasteiger partial charge in [0.25, 0.3) is 0 Å². The van der Waals surface area contributed by atoms with Crippen LogP contribution >= 0.6 is 22.7 Å². The van der Waals surface area contributed by atoms with Crippen LogP contribution in [0, 0.1) is 0 Å². The average Bonchev–Trinajstić information content (AvgIpc) is 3.30. The maximum Gasteiger partial charge on any atom is 0.235 e. The lowest BCUT2D eigenvalue weighted by Gasteiger charge is -2.22. The van der Waals surface area contributed by atoms with Crippen LogP contribution < -0.4 is 0 Å². The van der Waals surface area contributed by atoms with Crippen LogP contribution in [0.3, 0.4) is 0 Å². The number of fused-ring (bicyclic) bond motifs is 2. The third kappa shape index (κ3) is 2.21. The number of nitrogens with zero attached hydrogens (tertiary/aromatic N) is 4. The van der Waals surface area contributed by atoms with Crippen molar-refractivity contribution >= 4 is 27.6 Å². The SMILES string of the molecule is c1csc(-c2nn3c(C4CCc5ccccc5C4)nnc3s2)c1. The second-order valence-corrected chi connectivity index (χ2v) is 7.75. The molecule has 5 rings (SSSR count). The maximum absolute atomic E-state index is 4.77. The van der Waals surface area contributed by atoms with E-state index in [0.29, 0.717) is 5.92 Å². The number of aryl methyl sites for hydroxylation is 1. The number of hydrogen-bond acceptors (Lipinski definition) is 5. The Morgan fingerprint density at radius 2 is 1.96 bits per heavy atom. The summed E-state index contributed by atoms with van der Waals surface area (Å²) in [7, 11) is 0. The Balaban J connectivity index is 1.54. The van der Waals surface area contributed by atoms with Gasteiger partial charge in [-0.2, -0.15) is 9.61 Å². The Morgan fingerprint density at radius 3 is 2.83 bits per heavy atom. The Kier molecular flexibility index (Phi) is 3.06. The van der Waals surface area contributed by atoms with Gasteiger partial charge in [0.1, 0.15) is 0 Å². The molecule has 0 aliphatic heterocycles. The van der Waals surface area contributed by atoms with Crippen LogP contribution in [0.1, 0.15) is 29.3 Å². The second-order valence-electron chi connectivity index (χ2n) is 5.85. The van der Waals surface area contributed by atoms with Crippen molar-refractivity contribution in [2.24, 2.45) is 0 Å². The van der Waals surface area contributed by atoms with E-state index in [1.165, 1.54) is 16.0 Å². The molecule has 3 aromatic heterocycles. The minimum Gasteiger partial charge on any atom is -0.187 e. The normalized spacial score (nSPS) is 17.5. The first-order chi connectivity index (χ1) is 11.4. The number of thiophene rings is 1. The van der Waals surface area contributed by atoms with Gasteiger partial charge in [-0.25, -0.2) is 0 Å². The summed E-state index contributed by atoms with van der Waals surface area (Å²) in [5.41, 5.74) is 2.91. The fraction of sp³-hybridized carbons (Fsp3) is 0.235. The van der Waals surface area contributed by atoms with E-state index in [1.807, 2.05) is 4.52 Å². The van der Waals surface area contributed by atoms with Crippen molar-refractivity contribution in [2.45, 2.75) is 25.2 Å². The van der Waals surface area contributed by atoms with Crippen LogP contribution in [-0.2, 0) is 12.8 Å². The lowest BCUT2D eigenvalue weighted by atomic mass is 9.83. The largest absolute Gasteiger partial charge is 0.235 e. The summed E-state index contributed by atoms with van der Waals surface area (Å²) < 4.78 is 1.96.